The van der Waals surface area contributed by atoms with Crippen molar-refractivity contribution < 1.29 is 4.42 Å². The summed E-state index contributed by atoms with van der Waals surface area (Å²) >= 11 is 3.85. The Bertz CT molecular complexity index is 2120. The van der Waals surface area contributed by atoms with E-state index in [-0.39, 0.29) is 5.41 Å². The third-order valence-corrected chi connectivity index (χ3v) is 9.08. The Hall–Kier alpha value is -4.34. The first-order valence-electron chi connectivity index (χ1n) is 13.6. The maximum absolute atomic E-state index is 6.25. The summed E-state index contributed by atoms with van der Waals surface area (Å²) in [6, 6.07) is 43.7. The lowest BCUT2D eigenvalue weighted by molar-refractivity contribution is 0.660. The molecule has 1 heterocycles. The van der Waals surface area contributed by atoms with Crippen LogP contribution in [0.15, 0.2) is 130 Å². The maximum atomic E-state index is 6.25. The largest absolute Gasteiger partial charge is 0.455 e. The number of rotatable bonds is 3. The van der Waals surface area contributed by atoms with Crippen LogP contribution in [0.2, 0.25) is 0 Å². The van der Waals surface area contributed by atoms with Gasteiger partial charge in [-0.2, -0.15) is 0 Å². The smallest absolute Gasteiger partial charge is 0.149 e. The summed E-state index contributed by atoms with van der Waals surface area (Å²) < 4.78 is 7.19. The normalized spacial score (nSPS) is 13.6. The number of fused-ring (bicyclic) bond motifs is 7. The van der Waals surface area contributed by atoms with Gasteiger partial charge in [0.2, 0.25) is 0 Å². The molecule has 8 rings (SSSR count). The predicted molar refractivity (Wildman–Crippen MR) is 171 cm³/mol. The molecule has 40 heavy (non-hydrogen) atoms. The van der Waals surface area contributed by atoms with Crippen LogP contribution in [-0.2, 0) is 5.41 Å². The van der Waals surface area contributed by atoms with E-state index < -0.39 is 0 Å². The summed E-state index contributed by atoms with van der Waals surface area (Å²) in [4.78, 5) is 2.37. The highest BCUT2D eigenvalue weighted by Gasteiger charge is 2.35. The fourth-order valence-electron chi connectivity index (χ4n) is 6.49. The van der Waals surface area contributed by atoms with Crippen LogP contribution in [0.25, 0.3) is 43.8 Å². The number of anilines is 3. The van der Waals surface area contributed by atoms with Gasteiger partial charge in [-0.05, 0) is 91.4 Å². The zero-order chi connectivity index (χ0) is 27.0. The van der Waals surface area contributed by atoms with Crippen molar-refractivity contribution in [1.82, 2.24) is 0 Å². The molecule has 192 valence electrons. The third-order valence-electron chi connectivity index (χ3n) is 8.49. The molecule has 0 N–H and O–H groups in total. The van der Waals surface area contributed by atoms with Gasteiger partial charge in [-0.25, -0.2) is 0 Å². The van der Waals surface area contributed by atoms with Gasteiger partial charge in [0.15, 0.2) is 0 Å². The summed E-state index contributed by atoms with van der Waals surface area (Å²) in [6.07, 6.45) is 0. The molecule has 3 heteroatoms. The van der Waals surface area contributed by atoms with E-state index in [0.717, 1.165) is 43.5 Å². The fraction of sp³-hybridized carbons (Fsp3) is 0.0811. The Kier molecular flexibility index (Phi) is 5.05. The molecule has 0 bridgehead atoms. The molecule has 2 nitrogen and oxygen atoms in total. The molecule has 0 fully saturated rings. The van der Waals surface area contributed by atoms with Crippen molar-refractivity contribution in [1.29, 1.82) is 0 Å². The highest BCUT2D eigenvalue weighted by molar-refractivity contribution is 9.10. The lowest BCUT2D eigenvalue weighted by atomic mass is 9.82. The zero-order valence-corrected chi connectivity index (χ0v) is 23.9. The summed E-state index contributed by atoms with van der Waals surface area (Å²) in [5.41, 5.74) is 10.4. The number of nitrogens with zero attached hydrogens (tertiary/aromatic N) is 1. The molecule has 0 unspecified atom stereocenters. The molecule has 1 aliphatic carbocycles. The van der Waals surface area contributed by atoms with Gasteiger partial charge < -0.3 is 9.32 Å². The van der Waals surface area contributed by atoms with Gasteiger partial charge in [0.1, 0.15) is 11.2 Å². The van der Waals surface area contributed by atoms with E-state index in [1.807, 2.05) is 12.1 Å². The Labute approximate surface area is 241 Å². The Balaban J connectivity index is 1.39. The second-order valence-corrected chi connectivity index (χ2v) is 12.0. The molecule has 0 saturated heterocycles. The van der Waals surface area contributed by atoms with Crippen LogP contribution in [0.3, 0.4) is 0 Å². The predicted octanol–water partition coefficient (Wildman–Crippen LogP) is 11.3. The maximum Gasteiger partial charge on any atom is 0.149 e. The molecule has 0 amide bonds. The lowest BCUT2D eigenvalue weighted by Crippen LogP contribution is -2.16. The molecule has 0 aliphatic heterocycles. The monoisotopic (exact) mass is 579 g/mol. The minimum absolute atomic E-state index is 0.0811. The molecular weight excluding hydrogens is 554 g/mol. The molecule has 6 aromatic carbocycles. The average molecular weight is 581 g/mol. The Morgan fingerprint density at radius 1 is 0.575 bits per heavy atom. The molecule has 7 aromatic rings. The van der Waals surface area contributed by atoms with E-state index in [0.29, 0.717) is 0 Å². The number of hydrogen-bond acceptors (Lipinski definition) is 2. The van der Waals surface area contributed by atoms with Crippen molar-refractivity contribution >= 4 is 65.7 Å². The molecule has 0 saturated carbocycles. The quantitative estimate of drug-likeness (QED) is 0.207. The van der Waals surface area contributed by atoms with Crippen molar-refractivity contribution in [3.05, 3.63) is 137 Å². The number of hydrogen-bond donors (Lipinski definition) is 0. The van der Waals surface area contributed by atoms with Crippen molar-refractivity contribution in [2.75, 3.05) is 4.90 Å². The van der Waals surface area contributed by atoms with Gasteiger partial charge >= 0.3 is 0 Å². The SMILES string of the molecule is CC1(C)c2ccccc2-c2ccc(N(c3ccc4ccccc4c3)c3cc(Br)c4oc5ccccc5c4c3)cc21. The van der Waals surface area contributed by atoms with Gasteiger partial charge in [0.25, 0.3) is 0 Å². The van der Waals surface area contributed by atoms with E-state index in [1.165, 1.54) is 33.0 Å². The van der Waals surface area contributed by atoms with E-state index in [1.54, 1.807) is 0 Å². The summed E-state index contributed by atoms with van der Waals surface area (Å²) in [7, 11) is 0. The van der Waals surface area contributed by atoms with E-state index >= 15 is 0 Å². The second kappa shape index (κ2) is 8.58. The summed E-state index contributed by atoms with van der Waals surface area (Å²) in [5, 5.41) is 4.66. The van der Waals surface area contributed by atoms with Gasteiger partial charge in [-0.1, -0.05) is 92.7 Å². The molecule has 1 aliphatic rings. The van der Waals surface area contributed by atoms with Crippen molar-refractivity contribution in [3.63, 3.8) is 0 Å². The first-order chi connectivity index (χ1) is 19.5. The highest BCUT2D eigenvalue weighted by Crippen LogP contribution is 2.51. The Morgan fingerprint density at radius 2 is 1.27 bits per heavy atom. The highest BCUT2D eigenvalue weighted by atomic mass is 79.9. The number of para-hydroxylation sites is 1. The van der Waals surface area contributed by atoms with Gasteiger partial charge in [-0.15, -0.1) is 0 Å². The van der Waals surface area contributed by atoms with Crippen LogP contribution in [0.4, 0.5) is 17.1 Å². The molecular formula is C37H26BrNO. The van der Waals surface area contributed by atoms with Gasteiger partial charge in [0.05, 0.1) is 4.47 Å². The molecule has 0 atom stereocenters. The van der Waals surface area contributed by atoms with Crippen LogP contribution in [-0.4, -0.2) is 0 Å². The first-order valence-corrected chi connectivity index (χ1v) is 14.4. The standard InChI is InChI=1S/C37H26BrNO/c1-37(2)32-13-7-5-11-28(32)29-18-17-26(21-33(29)37)39(25-16-15-23-9-3-4-10-24(23)19-25)27-20-31-30-12-6-8-14-35(30)40-36(31)34(38)22-27/h3-22H,1-2H3. The molecule has 0 radical (unpaired) electrons. The molecule has 0 spiro atoms. The summed E-state index contributed by atoms with van der Waals surface area (Å²) in [6.45, 7) is 4.67. The zero-order valence-electron chi connectivity index (χ0n) is 22.3. The van der Waals surface area contributed by atoms with Crippen LogP contribution in [0, 0.1) is 0 Å². The van der Waals surface area contributed by atoms with E-state index in [9.17, 15) is 0 Å². The summed E-state index contributed by atoms with van der Waals surface area (Å²) in [5.74, 6) is 0. The van der Waals surface area contributed by atoms with E-state index in [4.69, 9.17) is 4.42 Å². The van der Waals surface area contributed by atoms with Crippen LogP contribution >= 0.6 is 15.9 Å². The number of benzene rings is 6. The second-order valence-electron chi connectivity index (χ2n) is 11.2. The van der Waals surface area contributed by atoms with E-state index in [2.05, 4.69) is 144 Å². The number of halogens is 1. The Morgan fingerprint density at radius 3 is 2.17 bits per heavy atom. The van der Waals surface area contributed by atoms with Crippen molar-refractivity contribution in [2.45, 2.75) is 19.3 Å². The molecule has 1 aromatic heterocycles. The average Bonchev–Trinajstić information content (AvgIpc) is 3.46. The van der Waals surface area contributed by atoms with Crippen LogP contribution in [0.5, 0.6) is 0 Å². The van der Waals surface area contributed by atoms with Crippen molar-refractivity contribution in [2.24, 2.45) is 0 Å². The number of furan rings is 1. The van der Waals surface area contributed by atoms with Gasteiger partial charge in [0, 0.05) is 33.2 Å². The minimum atomic E-state index is -0.0811. The van der Waals surface area contributed by atoms with Crippen molar-refractivity contribution in [3.8, 4) is 11.1 Å². The minimum Gasteiger partial charge on any atom is -0.455 e. The van der Waals surface area contributed by atoms with Crippen LogP contribution in [0.1, 0.15) is 25.0 Å². The lowest BCUT2D eigenvalue weighted by Gasteiger charge is -2.28. The topological polar surface area (TPSA) is 16.4 Å². The first kappa shape index (κ1) is 23.5. The van der Waals surface area contributed by atoms with Crippen LogP contribution < -0.4 is 4.90 Å². The fourth-order valence-corrected chi connectivity index (χ4v) is 7.02. The van der Waals surface area contributed by atoms with Gasteiger partial charge in [-0.3, -0.25) is 0 Å². The third kappa shape index (κ3) is 3.41.